The highest BCUT2D eigenvalue weighted by Crippen LogP contribution is 2.40. The number of aryl methyl sites for hydroxylation is 2. The molecule has 7 nitrogen and oxygen atoms in total. The molecule has 0 bridgehead atoms. The van der Waals surface area contributed by atoms with Gasteiger partial charge in [-0.05, 0) is 39.1 Å². The molecule has 0 aliphatic heterocycles. The largest absolute Gasteiger partial charge is 0.495 e. The fourth-order valence-electron chi connectivity index (χ4n) is 3.31. The number of rotatable bonds is 9. The minimum absolute atomic E-state index is 0. The number of anilines is 1. The van der Waals surface area contributed by atoms with Crippen molar-refractivity contribution in [3.05, 3.63) is 27.7 Å². The maximum atomic E-state index is 13.5. The number of amides is 1. The number of thiazole rings is 2. The van der Waals surface area contributed by atoms with E-state index in [0.29, 0.717) is 27.8 Å². The molecule has 0 N–H and O–H groups in total. The van der Waals surface area contributed by atoms with Gasteiger partial charge in [0.1, 0.15) is 26.6 Å². The van der Waals surface area contributed by atoms with Crippen LogP contribution >= 0.6 is 35.1 Å². The minimum atomic E-state index is -0.0674. The fraction of sp³-hybridized carbons (Fsp3) is 0.476. The van der Waals surface area contributed by atoms with Crippen molar-refractivity contribution in [1.29, 1.82) is 0 Å². The second-order valence-electron chi connectivity index (χ2n) is 6.78. The number of halogens is 1. The summed E-state index contributed by atoms with van der Waals surface area (Å²) in [5.74, 6) is 1.31. The lowest BCUT2D eigenvalue weighted by atomic mass is 10.3. The Hall–Kier alpha value is -1.94. The first-order valence-electron chi connectivity index (χ1n) is 9.93. The van der Waals surface area contributed by atoms with Gasteiger partial charge in [-0.15, -0.1) is 23.7 Å². The molecule has 1 amide bonds. The van der Waals surface area contributed by atoms with E-state index in [2.05, 4.69) is 23.7 Å². The Labute approximate surface area is 197 Å². The smallest absolute Gasteiger partial charge is 0.272 e. The maximum absolute atomic E-state index is 13.5. The highest BCUT2D eigenvalue weighted by molar-refractivity contribution is 7.23. The molecule has 0 fully saturated rings. The summed E-state index contributed by atoms with van der Waals surface area (Å²) >= 11 is 2.87. The van der Waals surface area contributed by atoms with Crippen molar-refractivity contribution < 1.29 is 14.3 Å². The fourth-order valence-corrected chi connectivity index (χ4v) is 5.27. The Morgan fingerprint density at radius 3 is 2.19 bits per heavy atom. The van der Waals surface area contributed by atoms with Gasteiger partial charge in [-0.2, -0.15) is 0 Å². The topological polar surface area (TPSA) is 67.8 Å². The number of nitrogens with zero attached hydrogens (tertiary/aromatic N) is 4. The average Bonchev–Trinajstić information content (AvgIpc) is 3.33. The van der Waals surface area contributed by atoms with Gasteiger partial charge in [0.15, 0.2) is 5.13 Å². The van der Waals surface area contributed by atoms with Crippen molar-refractivity contribution in [2.75, 3.05) is 45.3 Å². The molecule has 3 rings (SSSR count). The third-order valence-electron chi connectivity index (χ3n) is 5.01. The molecule has 10 heteroatoms. The van der Waals surface area contributed by atoms with Crippen molar-refractivity contribution in [1.82, 2.24) is 14.9 Å². The van der Waals surface area contributed by atoms with Crippen LogP contribution < -0.4 is 14.4 Å². The van der Waals surface area contributed by atoms with Crippen LogP contribution in [0.15, 0.2) is 12.1 Å². The number of carbonyl (C=O) groups is 1. The summed E-state index contributed by atoms with van der Waals surface area (Å²) in [6, 6.07) is 3.70. The minimum Gasteiger partial charge on any atom is -0.495 e. The zero-order valence-corrected chi connectivity index (χ0v) is 21.2. The van der Waals surface area contributed by atoms with Gasteiger partial charge in [0.05, 0.1) is 24.9 Å². The third kappa shape index (κ3) is 5.28. The molecule has 2 aromatic heterocycles. The van der Waals surface area contributed by atoms with Crippen LogP contribution in [0.25, 0.3) is 10.2 Å². The summed E-state index contributed by atoms with van der Waals surface area (Å²) in [5.41, 5.74) is 1.46. The quantitative estimate of drug-likeness (QED) is 0.434. The van der Waals surface area contributed by atoms with Gasteiger partial charge in [-0.1, -0.05) is 25.2 Å². The molecule has 0 spiro atoms. The molecule has 0 unspecified atom stereocenters. The monoisotopic (exact) mass is 484 g/mol. The molecule has 0 aliphatic carbocycles. The van der Waals surface area contributed by atoms with E-state index in [4.69, 9.17) is 14.5 Å². The first kappa shape index (κ1) is 25.3. The molecule has 0 aliphatic rings. The Morgan fingerprint density at radius 2 is 1.65 bits per heavy atom. The average molecular weight is 485 g/mol. The van der Waals surface area contributed by atoms with E-state index >= 15 is 0 Å². The molecular weight excluding hydrogens is 456 g/mol. The van der Waals surface area contributed by atoms with Gasteiger partial charge in [-0.3, -0.25) is 9.69 Å². The first-order valence-corrected chi connectivity index (χ1v) is 11.6. The van der Waals surface area contributed by atoms with E-state index in [1.807, 2.05) is 26.0 Å². The van der Waals surface area contributed by atoms with Crippen LogP contribution in [0, 0.1) is 13.8 Å². The number of methoxy groups -OCH3 is 2. The van der Waals surface area contributed by atoms with Crippen LogP contribution in [0.5, 0.6) is 11.5 Å². The number of fused-ring (bicyclic) bond motifs is 1. The van der Waals surface area contributed by atoms with Crippen LogP contribution in [0.3, 0.4) is 0 Å². The molecule has 31 heavy (non-hydrogen) atoms. The van der Waals surface area contributed by atoms with Crippen LogP contribution in [0.1, 0.15) is 34.2 Å². The molecule has 0 radical (unpaired) electrons. The summed E-state index contributed by atoms with van der Waals surface area (Å²) in [6.45, 7) is 11.2. The van der Waals surface area contributed by atoms with E-state index in [-0.39, 0.29) is 18.3 Å². The van der Waals surface area contributed by atoms with E-state index in [9.17, 15) is 4.79 Å². The Kier molecular flexibility index (Phi) is 9.05. The summed E-state index contributed by atoms with van der Waals surface area (Å²) in [6.07, 6.45) is 0. The lowest BCUT2D eigenvalue weighted by Gasteiger charge is -2.24. The highest BCUT2D eigenvalue weighted by atomic mass is 35.5. The van der Waals surface area contributed by atoms with Crippen LogP contribution in [-0.2, 0) is 0 Å². The van der Waals surface area contributed by atoms with Crippen molar-refractivity contribution >= 4 is 56.3 Å². The molecule has 3 aromatic rings. The van der Waals surface area contributed by atoms with Crippen molar-refractivity contribution in [2.45, 2.75) is 27.7 Å². The number of ether oxygens (including phenoxy) is 2. The van der Waals surface area contributed by atoms with Crippen LogP contribution in [0.4, 0.5) is 5.13 Å². The van der Waals surface area contributed by atoms with Gasteiger partial charge >= 0.3 is 0 Å². The van der Waals surface area contributed by atoms with E-state index < -0.39 is 0 Å². The van der Waals surface area contributed by atoms with Crippen LogP contribution in [-0.4, -0.2) is 61.2 Å². The number of hydrogen-bond acceptors (Lipinski definition) is 8. The predicted octanol–water partition coefficient (Wildman–Crippen LogP) is 4.80. The van der Waals surface area contributed by atoms with Gasteiger partial charge in [0.25, 0.3) is 5.91 Å². The van der Waals surface area contributed by atoms with Crippen molar-refractivity contribution in [3.8, 4) is 11.5 Å². The molecule has 2 heterocycles. The van der Waals surface area contributed by atoms with E-state index in [1.165, 1.54) is 22.7 Å². The zero-order valence-electron chi connectivity index (χ0n) is 18.7. The second kappa shape index (κ2) is 11.1. The van der Waals surface area contributed by atoms with Crippen LogP contribution in [0.2, 0.25) is 0 Å². The van der Waals surface area contributed by atoms with Gasteiger partial charge in [0.2, 0.25) is 0 Å². The number of carbonyl (C=O) groups excluding carboxylic acids is 1. The Balaban J connectivity index is 0.00000341. The SMILES string of the molecule is CCN(CC)CCN(C(=O)c1sc(C)nc1C)c1nc2c(OC)ccc(OC)c2s1.Cl. The molecule has 0 saturated heterocycles. The number of likely N-dealkylation sites (N-methyl/N-ethyl adjacent to an activating group) is 1. The standard InChI is InChI=1S/C21H28N4O3S2.ClH/c1-7-24(8-2)11-12-25(20(26)18-13(3)22-14(4)29-18)21-23-17-15(27-5)9-10-16(28-6)19(17)30-21;/h9-10H,7-8,11-12H2,1-6H3;1H. The molecule has 1 aromatic carbocycles. The molecular formula is C21H29ClN4O3S2. The lowest BCUT2D eigenvalue weighted by Crippen LogP contribution is -2.38. The van der Waals surface area contributed by atoms with Gasteiger partial charge < -0.3 is 14.4 Å². The normalized spacial score (nSPS) is 10.9. The molecule has 170 valence electrons. The van der Waals surface area contributed by atoms with Crippen molar-refractivity contribution in [3.63, 3.8) is 0 Å². The summed E-state index contributed by atoms with van der Waals surface area (Å²) < 4.78 is 11.9. The molecule has 0 atom stereocenters. The highest BCUT2D eigenvalue weighted by Gasteiger charge is 2.26. The summed E-state index contributed by atoms with van der Waals surface area (Å²) in [5, 5.41) is 1.52. The van der Waals surface area contributed by atoms with Gasteiger partial charge in [-0.25, -0.2) is 9.97 Å². The summed E-state index contributed by atoms with van der Waals surface area (Å²) in [7, 11) is 3.25. The summed E-state index contributed by atoms with van der Waals surface area (Å²) in [4.78, 5) is 27.5. The first-order chi connectivity index (χ1) is 14.4. The maximum Gasteiger partial charge on any atom is 0.272 e. The number of aromatic nitrogens is 2. The molecule has 0 saturated carbocycles. The van der Waals surface area contributed by atoms with E-state index in [0.717, 1.165) is 40.8 Å². The Morgan fingerprint density at radius 1 is 1.00 bits per heavy atom. The van der Waals surface area contributed by atoms with E-state index in [1.54, 1.807) is 19.1 Å². The Bertz CT molecular complexity index is 992. The number of benzene rings is 1. The predicted molar refractivity (Wildman–Crippen MR) is 131 cm³/mol. The lowest BCUT2D eigenvalue weighted by molar-refractivity contribution is 0.0987. The van der Waals surface area contributed by atoms with Crippen molar-refractivity contribution in [2.24, 2.45) is 0 Å². The number of hydrogen-bond donors (Lipinski definition) is 0. The third-order valence-corrected chi connectivity index (χ3v) is 7.16. The second-order valence-corrected chi connectivity index (χ2v) is 8.96. The van der Waals surface area contributed by atoms with Gasteiger partial charge in [0, 0.05) is 13.1 Å². The zero-order chi connectivity index (χ0) is 21.8.